The molecule has 4 nitrogen and oxygen atoms in total. The van der Waals surface area contributed by atoms with Crippen molar-refractivity contribution in [1.82, 2.24) is 5.32 Å². The molecule has 1 aromatic rings. The smallest absolute Gasteiger partial charge is 0.267 e. The zero-order valence-electron chi connectivity index (χ0n) is 8.66. The van der Waals surface area contributed by atoms with Crippen LogP contribution in [-0.4, -0.2) is 18.2 Å². The number of benzene rings is 1. The van der Waals surface area contributed by atoms with E-state index < -0.39 is 0 Å². The minimum Gasteiger partial charge on any atom is -0.351 e. The predicted molar refractivity (Wildman–Crippen MR) is 59.7 cm³/mol. The molecule has 0 unspecified atom stereocenters. The second-order valence-electron chi connectivity index (χ2n) is 3.54. The molecule has 0 spiro atoms. The number of carbonyl (C=O) groups excluding carboxylic acids is 1. The highest BCUT2D eigenvalue weighted by Crippen LogP contribution is 2.09. The number of hydrazone groups is 1. The van der Waals surface area contributed by atoms with Gasteiger partial charge in [0.2, 0.25) is 0 Å². The van der Waals surface area contributed by atoms with Crippen molar-refractivity contribution >= 4 is 17.3 Å². The number of anilines is 1. The van der Waals surface area contributed by atoms with Gasteiger partial charge in [-0.15, -0.1) is 0 Å². The monoisotopic (exact) mass is 221 g/mol. The van der Waals surface area contributed by atoms with E-state index in [0.717, 1.165) is 6.42 Å². The van der Waals surface area contributed by atoms with Crippen LogP contribution in [0.5, 0.6) is 0 Å². The van der Waals surface area contributed by atoms with Gasteiger partial charge in [-0.25, -0.2) is 4.39 Å². The van der Waals surface area contributed by atoms with Gasteiger partial charge in [-0.1, -0.05) is 0 Å². The Balaban J connectivity index is 2.02. The van der Waals surface area contributed by atoms with Crippen LogP contribution >= 0.6 is 0 Å². The maximum absolute atomic E-state index is 12.6. The second-order valence-corrected chi connectivity index (χ2v) is 3.54. The highest BCUT2D eigenvalue weighted by molar-refractivity contribution is 6.39. The number of carbonyl (C=O) groups is 1. The third-order valence-corrected chi connectivity index (χ3v) is 2.30. The maximum Gasteiger partial charge on any atom is 0.267 e. The maximum atomic E-state index is 12.6. The van der Waals surface area contributed by atoms with E-state index in [-0.39, 0.29) is 11.7 Å². The molecule has 1 saturated heterocycles. The van der Waals surface area contributed by atoms with Crippen LogP contribution in [0.3, 0.4) is 0 Å². The van der Waals surface area contributed by atoms with Gasteiger partial charge in [-0.2, -0.15) is 5.10 Å². The van der Waals surface area contributed by atoms with Crippen LogP contribution in [0.25, 0.3) is 0 Å². The number of hydrogen-bond donors (Lipinski definition) is 2. The molecular formula is C11H12FN3O. The van der Waals surface area contributed by atoms with E-state index in [9.17, 15) is 9.18 Å². The first-order chi connectivity index (χ1) is 7.75. The summed E-state index contributed by atoms with van der Waals surface area (Å²) in [6.07, 6.45) is 1.57. The fourth-order valence-corrected chi connectivity index (χ4v) is 1.44. The molecule has 5 heteroatoms. The van der Waals surface area contributed by atoms with Gasteiger partial charge in [-0.05, 0) is 37.1 Å². The first-order valence-corrected chi connectivity index (χ1v) is 5.12. The van der Waals surface area contributed by atoms with Crippen LogP contribution < -0.4 is 10.7 Å². The summed E-state index contributed by atoms with van der Waals surface area (Å²) in [5, 5.41) is 6.70. The summed E-state index contributed by atoms with van der Waals surface area (Å²) in [6.45, 7) is 0.703. The molecule has 1 aliphatic rings. The zero-order valence-corrected chi connectivity index (χ0v) is 8.66. The molecule has 2 rings (SSSR count). The predicted octanol–water partition coefficient (Wildman–Crippen LogP) is 1.50. The van der Waals surface area contributed by atoms with Crippen molar-refractivity contribution < 1.29 is 9.18 Å². The zero-order chi connectivity index (χ0) is 11.4. The van der Waals surface area contributed by atoms with Crippen molar-refractivity contribution in [3.63, 3.8) is 0 Å². The van der Waals surface area contributed by atoms with Gasteiger partial charge >= 0.3 is 0 Å². The Kier molecular flexibility index (Phi) is 3.14. The molecule has 0 radical (unpaired) electrons. The summed E-state index contributed by atoms with van der Waals surface area (Å²) in [7, 11) is 0. The molecule has 0 aliphatic carbocycles. The number of halogens is 1. The molecule has 0 saturated carbocycles. The van der Waals surface area contributed by atoms with E-state index >= 15 is 0 Å². The van der Waals surface area contributed by atoms with E-state index in [2.05, 4.69) is 15.8 Å². The lowest BCUT2D eigenvalue weighted by Gasteiger charge is -2.13. The quantitative estimate of drug-likeness (QED) is 0.744. The van der Waals surface area contributed by atoms with Gasteiger partial charge in [0.25, 0.3) is 5.91 Å². The largest absolute Gasteiger partial charge is 0.351 e. The molecule has 1 amide bonds. The lowest BCUT2D eigenvalue weighted by atomic mass is 10.1. The molecule has 0 bridgehead atoms. The first-order valence-electron chi connectivity index (χ1n) is 5.12. The van der Waals surface area contributed by atoms with Gasteiger partial charge in [-0.3, -0.25) is 10.2 Å². The fourth-order valence-electron chi connectivity index (χ4n) is 1.44. The number of nitrogens with zero attached hydrogens (tertiary/aromatic N) is 1. The summed E-state index contributed by atoms with van der Waals surface area (Å²) < 4.78 is 12.6. The number of hydrogen-bond acceptors (Lipinski definition) is 3. The molecule has 2 N–H and O–H groups in total. The number of amides is 1. The molecule has 1 aromatic carbocycles. The average molecular weight is 221 g/mol. The summed E-state index contributed by atoms with van der Waals surface area (Å²) in [5.74, 6) is -0.436. The SMILES string of the molecule is O=C1NCCC/C1=N\Nc1ccc(F)cc1. The third-order valence-electron chi connectivity index (χ3n) is 2.30. The molecule has 0 aromatic heterocycles. The van der Waals surface area contributed by atoms with Crippen LogP contribution in [-0.2, 0) is 4.79 Å². The Morgan fingerprint density at radius 3 is 2.75 bits per heavy atom. The van der Waals surface area contributed by atoms with Crippen molar-refractivity contribution in [2.24, 2.45) is 5.10 Å². The van der Waals surface area contributed by atoms with Crippen LogP contribution in [0, 0.1) is 5.82 Å². The van der Waals surface area contributed by atoms with Gasteiger partial charge in [0.15, 0.2) is 0 Å². The molecule has 1 aliphatic heterocycles. The Hall–Kier alpha value is -1.91. The molecule has 1 heterocycles. The van der Waals surface area contributed by atoms with Crippen LogP contribution in [0.15, 0.2) is 29.4 Å². The van der Waals surface area contributed by atoms with E-state index in [1.165, 1.54) is 12.1 Å². The standard InChI is InChI=1S/C11H12FN3O/c12-8-3-5-9(6-4-8)14-15-10-2-1-7-13-11(10)16/h3-6,14H,1-2,7H2,(H,13,16)/b15-10+. The lowest BCUT2D eigenvalue weighted by Crippen LogP contribution is -2.37. The van der Waals surface area contributed by atoms with Crippen LogP contribution in [0.2, 0.25) is 0 Å². The Morgan fingerprint density at radius 1 is 1.31 bits per heavy atom. The number of nitrogens with one attached hydrogen (secondary N) is 2. The fraction of sp³-hybridized carbons (Fsp3) is 0.273. The summed E-state index contributed by atoms with van der Waals surface area (Å²) in [4.78, 5) is 11.3. The van der Waals surface area contributed by atoms with E-state index in [0.29, 0.717) is 24.4 Å². The Bertz CT molecular complexity index is 414. The minimum atomic E-state index is -0.298. The summed E-state index contributed by atoms with van der Waals surface area (Å²) >= 11 is 0. The minimum absolute atomic E-state index is 0.138. The molecule has 0 atom stereocenters. The van der Waals surface area contributed by atoms with E-state index in [4.69, 9.17) is 0 Å². The van der Waals surface area contributed by atoms with Gasteiger partial charge in [0.1, 0.15) is 11.5 Å². The lowest BCUT2D eigenvalue weighted by molar-refractivity contribution is -0.115. The number of rotatable bonds is 2. The molecule has 16 heavy (non-hydrogen) atoms. The van der Waals surface area contributed by atoms with Crippen LogP contribution in [0.1, 0.15) is 12.8 Å². The van der Waals surface area contributed by atoms with E-state index in [1.807, 2.05) is 0 Å². The summed E-state index contributed by atoms with van der Waals surface area (Å²) in [5.41, 5.74) is 3.87. The van der Waals surface area contributed by atoms with E-state index in [1.54, 1.807) is 12.1 Å². The first kappa shape index (κ1) is 10.6. The van der Waals surface area contributed by atoms with Crippen molar-refractivity contribution in [1.29, 1.82) is 0 Å². The normalized spacial score (nSPS) is 18.3. The van der Waals surface area contributed by atoms with Gasteiger partial charge < -0.3 is 5.32 Å². The van der Waals surface area contributed by atoms with Gasteiger partial charge in [0.05, 0.1) is 5.69 Å². The number of piperidine rings is 1. The Morgan fingerprint density at radius 2 is 2.06 bits per heavy atom. The summed E-state index contributed by atoms with van der Waals surface area (Å²) in [6, 6.07) is 5.81. The average Bonchev–Trinajstić information content (AvgIpc) is 2.30. The van der Waals surface area contributed by atoms with Crippen molar-refractivity contribution in [2.75, 3.05) is 12.0 Å². The van der Waals surface area contributed by atoms with Gasteiger partial charge in [0, 0.05) is 6.54 Å². The van der Waals surface area contributed by atoms with Crippen LogP contribution in [0.4, 0.5) is 10.1 Å². The highest BCUT2D eigenvalue weighted by atomic mass is 19.1. The Labute approximate surface area is 92.5 Å². The molecular weight excluding hydrogens is 209 g/mol. The molecule has 1 fully saturated rings. The van der Waals surface area contributed by atoms with Crippen molar-refractivity contribution in [3.8, 4) is 0 Å². The van der Waals surface area contributed by atoms with Crippen molar-refractivity contribution in [2.45, 2.75) is 12.8 Å². The van der Waals surface area contributed by atoms with Crippen molar-refractivity contribution in [3.05, 3.63) is 30.1 Å². The third kappa shape index (κ3) is 2.56. The topological polar surface area (TPSA) is 53.5 Å². The second kappa shape index (κ2) is 4.74. The highest BCUT2D eigenvalue weighted by Gasteiger charge is 2.15. The molecule has 84 valence electrons.